The zero-order valence-corrected chi connectivity index (χ0v) is 49.1. The molecule has 2 aromatic heterocycles. The van der Waals surface area contributed by atoms with E-state index in [4.69, 9.17) is 0 Å². The van der Waals surface area contributed by atoms with E-state index in [2.05, 4.69) is 295 Å². The van der Waals surface area contributed by atoms with Crippen LogP contribution in [0.15, 0.2) is 200 Å². The van der Waals surface area contributed by atoms with E-state index in [1.54, 1.807) is 0 Å². The Morgan fingerprint density at radius 1 is 0.407 bits per heavy atom. The summed E-state index contributed by atoms with van der Waals surface area (Å²) in [6, 6.07) is 78.6. The van der Waals surface area contributed by atoms with Crippen molar-refractivity contribution in [1.29, 1.82) is 0 Å². The minimum Gasteiger partial charge on any atom is -0.310 e. The summed E-state index contributed by atoms with van der Waals surface area (Å²) < 4.78 is 2.85. The number of benzene rings is 9. The van der Waals surface area contributed by atoms with Gasteiger partial charge in [-0.2, -0.15) is 0 Å². The molecule has 6 aliphatic rings. The lowest BCUT2D eigenvalue weighted by Crippen LogP contribution is -2.59. The predicted octanol–water partition coefficient (Wildman–Crippen LogP) is 18.6. The van der Waals surface area contributed by atoms with E-state index < -0.39 is 10.8 Å². The highest BCUT2D eigenvalue weighted by Gasteiger charge is 2.60. The van der Waals surface area contributed by atoms with E-state index in [-0.39, 0.29) is 17.5 Å². The van der Waals surface area contributed by atoms with Gasteiger partial charge in [-0.3, -0.25) is 0 Å². The van der Waals surface area contributed by atoms with Crippen LogP contribution in [-0.2, 0) is 21.7 Å². The molecule has 0 saturated heterocycles. The molecule has 81 heavy (non-hydrogen) atoms. The summed E-state index contributed by atoms with van der Waals surface area (Å²) in [4.78, 5) is 8.30. The average Bonchev–Trinajstić information content (AvgIpc) is 2.01. The fraction of sp³-hybridized carbons (Fsp3) is 0.184. The molecule has 2 nitrogen and oxygen atoms in total. The van der Waals surface area contributed by atoms with Crippen molar-refractivity contribution in [3.05, 3.63) is 266 Å². The minimum absolute atomic E-state index is 0.0000665. The first kappa shape index (κ1) is 47.8. The van der Waals surface area contributed by atoms with Crippen molar-refractivity contribution in [2.24, 2.45) is 0 Å². The van der Waals surface area contributed by atoms with Crippen LogP contribution in [0.1, 0.15) is 127 Å². The Hall–Kier alpha value is -7.96. The summed E-state index contributed by atoms with van der Waals surface area (Å²) in [5.74, 6) is 0.413. The van der Waals surface area contributed by atoms with Crippen molar-refractivity contribution < 1.29 is 0 Å². The number of rotatable bonds is 3. The Kier molecular flexibility index (Phi) is 9.53. The second-order valence-electron chi connectivity index (χ2n) is 26.1. The molecular weight excluding hydrogens is 1020 g/mol. The quantitative estimate of drug-likeness (QED) is 0.163. The van der Waals surface area contributed by atoms with Gasteiger partial charge < -0.3 is 9.80 Å². The molecule has 4 aliphatic carbocycles. The molecule has 2 spiro atoms. The molecule has 0 unspecified atom stereocenters. The Bertz CT molecular complexity index is 4460. The third kappa shape index (κ3) is 5.93. The van der Waals surface area contributed by atoms with Gasteiger partial charge in [-0.25, -0.2) is 0 Å². The number of fused-ring (bicyclic) bond motifs is 26. The molecule has 0 saturated carbocycles. The van der Waals surface area contributed by atoms with Crippen molar-refractivity contribution in [3.63, 3.8) is 0 Å². The summed E-state index contributed by atoms with van der Waals surface area (Å²) >= 11 is 4.20. The van der Waals surface area contributed by atoms with Crippen molar-refractivity contribution >= 4 is 78.5 Å². The smallest absolute Gasteiger partial charge is 0.277 e. The molecule has 4 heterocycles. The van der Waals surface area contributed by atoms with Gasteiger partial charge in [0.2, 0.25) is 0 Å². The van der Waals surface area contributed by atoms with E-state index in [1.807, 2.05) is 0 Å². The third-order valence-corrected chi connectivity index (χ3v) is 22.1. The van der Waals surface area contributed by atoms with E-state index in [0.29, 0.717) is 5.92 Å². The van der Waals surface area contributed by atoms with Crippen molar-refractivity contribution in [2.45, 2.75) is 89.9 Å². The van der Waals surface area contributed by atoms with Crippen LogP contribution in [0.2, 0.25) is 0 Å². The fourth-order valence-electron chi connectivity index (χ4n) is 15.8. The van der Waals surface area contributed by atoms with Gasteiger partial charge in [-0.05, 0) is 155 Å². The normalized spacial score (nSPS) is 15.5. The maximum absolute atomic E-state index is 2.72. The van der Waals surface area contributed by atoms with Gasteiger partial charge in [0.05, 0.1) is 22.2 Å². The van der Waals surface area contributed by atoms with Gasteiger partial charge >= 0.3 is 0 Å². The highest BCUT2D eigenvalue weighted by atomic mass is 32.1. The Morgan fingerprint density at radius 3 is 1.21 bits per heavy atom. The van der Waals surface area contributed by atoms with Crippen LogP contribution >= 0.6 is 22.7 Å². The molecule has 390 valence electrons. The monoisotopic (exact) mass is 1080 g/mol. The largest absolute Gasteiger partial charge is 0.310 e. The Morgan fingerprint density at radius 2 is 0.778 bits per heavy atom. The first-order chi connectivity index (χ1) is 39.2. The molecule has 17 rings (SSSR count). The molecule has 0 bridgehead atoms. The molecule has 11 aromatic rings. The number of nitrogens with zero attached hydrogens (tertiary/aromatic N) is 2. The lowest BCUT2D eigenvalue weighted by atomic mass is 9.39. The van der Waals surface area contributed by atoms with E-state index >= 15 is 0 Å². The van der Waals surface area contributed by atoms with Crippen LogP contribution in [0.3, 0.4) is 0 Å². The lowest BCUT2D eigenvalue weighted by Gasteiger charge is -2.43. The molecule has 0 N–H and O–H groups in total. The summed E-state index contributed by atoms with van der Waals surface area (Å²) in [5.41, 5.74) is 32.3. The molecular formula is C76H61BN2S2. The maximum Gasteiger partial charge on any atom is 0.277 e. The van der Waals surface area contributed by atoms with Crippen LogP contribution in [0.25, 0.3) is 44.5 Å². The SMILES string of the molecule is Cc1cc2c3c(c1)N(c1ccc(C(C)(C)C)cc1)c1c(sc4c1-c1ccc(C(C)(C)C)cc1C41c4ccccc4-c4ccccc41)B3c1sc3c(c1N2c1ccc(C(C)C)cc1)-c1ccccc1C31c2ccccc2-c2ccccc21. The number of hydrogen-bond donors (Lipinski definition) is 0. The fourth-order valence-corrected chi connectivity index (χ4v) is 19.2. The van der Waals surface area contributed by atoms with Crippen LogP contribution < -0.4 is 24.8 Å². The molecule has 0 radical (unpaired) electrons. The Labute approximate surface area is 485 Å². The van der Waals surface area contributed by atoms with E-state index in [1.165, 1.54) is 159 Å². The number of hydrogen-bond acceptors (Lipinski definition) is 4. The number of anilines is 6. The van der Waals surface area contributed by atoms with Gasteiger partial charge in [0.15, 0.2) is 0 Å². The molecule has 0 fully saturated rings. The predicted molar refractivity (Wildman–Crippen MR) is 345 cm³/mol. The van der Waals surface area contributed by atoms with Gasteiger partial charge in [0.1, 0.15) is 0 Å². The van der Waals surface area contributed by atoms with Gasteiger partial charge in [-0.15, -0.1) is 22.7 Å². The second kappa shape index (κ2) is 16.2. The second-order valence-corrected chi connectivity index (χ2v) is 28.2. The van der Waals surface area contributed by atoms with Crippen LogP contribution in [0.4, 0.5) is 34.1 Å². The van der Waals surface area contributed by atoms with Crippen molar-refractivity contribution in [2.75, 3.05) is 9.80 Å². The lowest BCUT2D eigenvalue weighted by molar-refractivity contribution is 0.588. The maximum atomic E-state index is 2.72. The average molecular weight is 1080 g/mol. The molecule has 0 amide bonds. The summed E-state index contributed by atoms with van der Waals surface area (Å²) in [7, 11) is 0. The topological polar surface area (TPSA) is 6.48 Å². The highest BCUT2D eigenvalue weighted by Crippen LogP contribution is 2.70. The molecule has 2 aliphatic heterocycles. The van der Waals surface area contributed by atoms with Gasteiger partial charge in [0.25, 0.3) is 6.71 Å². The van der Waals surface area contributed by atoms with Crippen LogP contribution in [-0.4, -0.2) is 6.71 Å². The summed E-state index contributed by atoms with van der Waals surface area (Å²) in [6.07, 6.45) is 0. The number of aryl methyl sites for hydroxylation is 1. The number of thiophene rings is 2. The summed E-state index contributed by atoms with van der Waals surface area (Å²) in [5, 5.41) is 0. The first-order valence-corrected chi connectivity index (χ1v) is 30.8. The van der Waals surface area contributed by atoms with Crippen LogP contribution in [0, 0.1) is 6.92 Å². The zero-order chi connectivity index (χ0) is 54.8. The molecule has 0 atom stereocenters. The van der Waals surface area contributed by atoms with Crippen molar-refractivity contribution in [3.8, 4) is 44.5 Å². The van der Waals surface area contributed by atoms with E-state index in [0.717, 1.165) is 0 Å². The summed E-state index contributed by atoms with van der Waals surface area (Å²) in [6.45, 7) is 21.0. The minimum atomic E-state index is -0.521. The molecule has 9 aromatic carbocycles. The zero-order valence-electron chi connectivity index (χ0n) is 47.4. The van der Waals surface area contributed by atoms with Gasteiger partial charge in [-0.1, -0.05) is 219 Å². The first-order valence-electron chi connectivity index (χ1n) is 29.1. The molecule has 5 heteroatoms. The van der Waals surface area contributed by atoms with Crippen molar-refractivity contribution in [1.82, 2.24) is 0 Å². The van der Waals surface area contributed by atoms with E-state index in [9.17, 15) is 0 Å². The highest BCUT2D eigenvalue weighted by molar-refractivity contribution is 7.37. The third-order valence-electron chi connectivity index (χ3n) is 19.4. The van der Waals surface area contributed by atoms with Gasteiger partial charge in [0, 0.05) is 53.2 Å². The Balaban J connectivity index is 1.04. The van der Waals surface area contributed by atoms with Crippen LogP contribution in [0.5, 0.6) is 0 Å². The standard InChI is InChI=1S/C76H61BN2S2/c1-43(2)45-30-35-48(36-31-45)78-62-40-44(3)41-63-66(62)77(71-67(78)64-54-24-14-19-29-60(54)75(69(64)80-71)56-25-15-10-20-50(56)51-21-11-16-26-57(51)75)72-68(79(63)49-37-32-46(33-38-49)73(4,5)6)65-55-39-34-47(74(7,8)9)42-61(55)76(70(65)81-72)58-27-17-12-22-52(58)53-23-13-18-28-59(53)76/h10-43H,1-9H3.